The molecule has 0 fully saturated rings. The van der Waals surface area contributed by atoms with Crippen LogP contribution >= 0.6 is 0 Å². The molecule has 0 spiro atoms. The number of hydrogen-bond donors (Lipinski definition) is 3. The zero-order chi connectivity index (χ0) is 20.3. The fourth-order valence-electron chi connectivity index (χ4n) is 3.10. The van der Waals surface area contributed by atoms with Crippen LogP contribution in [-0.4, -0.2) is 34.0 Å². The first-order valence-electron chi connectivity index (χ1n) is 8.85. The van der Waals surface area contributed by atoms with Crippen LogP contribution in [0.5, 0.6) is 5.75 Å². The topological polar surface area (TPSA) is 106 Å². The van der Waals surface area contributed by atoms with Crippen LogP contribution in [-0.2, 0) is 0 Å². The molecule has 2 aromatic heterocycles. The first kappa shape index (κ1) is 19.2. The van der Waals surface area contributed by atoms with E-state index in [0.717, 1.165) is 22.2 Å². The van der Waals surface area contributed by atoms with Crippen LogP contribution in [0.3, 0.4) is 0 Å². The number of anilines is 1. The number of aromatic amines is 1. The Balaban J connectivity index is 2.04. The number of aromatic nitrogens is 3. The van der Waals surface area contributed by atoms with Crippen LogP contribution in [0.4, 0.5) is 5.82 Å². The predicted molar refractivity (Wildman–Crippen MR) is 111 cm³/mol. The molecule has 28 heavy (non-hydrogen) atoms. The molecule has 0 bridgehead atoms. The number of hydrogen-bond acceptors (Lipinski definition) is 5. The van der Waals surface area contributed by atoms with Crippen molar-refractivity contribution in [3.63, 3.8) is 0 Å². The molecule has 0 unspecified atom stereocenters. The third-order valence-electron chi connectivity index (χ3n) is 4.62. The van der Waals surface area contributed by atoms with Crippen LogP contribution in [0.1, 0.15) is 24.2 Å². The first-order chi connectivity index (χ1) is 13.5. The zero-order valence-electron chi connectivity index (χ0n) is 16.1. The van der Waals surface area contributed by atoms with Gasteiger partial charge < -0.3 is 20.8 Å². The average molecular weight is 377 g/mol. The van der Waals surface area contributed by atoms with Crippen molar-refractivity contribution in [2.75, 3.05) is 12.4 Å². The van der Waals surface area contributed by atoms with E-state index >= 15 is 0 Å². The Labute approximate surface area is 163 Å². The van der Waals surface area contributed by atoms with Gasteiger partial charge in [0.15, 0.2) is 0 Å². The number of nitrogens with zero attached hydrogens (tertiary/aromatic N) is 2. The highest BCUT2D eigenvalue weighted by molar-refractivity contribution is 5.95. The molecule has 0 aliphatic rings. The van der Waals surface area contributed by atoms with Gasteiger partial charge in [-0.15, -0.1) is 0 Å². The summed E-state index contributed by atoms with van der Waals surface area (Å²) in [7, 11) is 1.55. The van der Waals surface area contributed by atoms with Gasteiger partial charge in [-0.2, -0.15) is 0 Å². The van der Waals surface area contributed by atoms with Gasteiger partial charge in [-0.25, -0.2) is 9.97 Å². The number of methoxy groups -OCH3 is 1. The summed E-state index contributed by atoms with van der Waals surface area (Å²) in [5.74, 6) is 0.755. The van der Waals surface area contributed by atoms with Gasteiger partial charge >= 0.3 is 0 Å². The number of carbonyl (C=O) groups is 1. The maximum absolute atomic E-state index is 11.4. The summed E-state index contributed by atoms with van der Waals surface area (Å²) in [5, 5.41) is 4.25. The standard InChI is InChI=1S/C21H23N5O2/c1-5-13(6-2)12(3)25-20-16-10-17(26-21(16)24-11-23-20)15-8-7-14(19(22)27)9-18(15)28-4/h5-12H,1H2,2-4H3,(H2,22,27)(H2,23,24,25,26)/b13-6+/t12-/m1/s1. The number of carbonyl (C=O) groups excluding carboxylic acids is 1. The lowest BCUT2D eigenvalue weighted by Crippen LogP contribution is -2.17. The van der Waals surface area contributed by atoms with Gasteiger partial charge in [0, 0.05) is 17.2 Å². The largest absolute Gasteiger partial charge is 0.496 e. The molecule has 1 aromatic carbocycles. The molecule has 0 aliphatic carbocycles. The minimum absolute atomic E-state index is 0.0448. The fourth-order valence-corrected chi connectivity index (χ4v) is 3.10. The molecular weight excluding hydrogens is 354 g/mol. The zero-order valence-corrected chi connectivity index (χ0v) is 16.1. The summed E-state index contributed by atoms with van der Waals surface area (Å²) in [6.45, 7) is 7.86. The molecule has 3 aromatic rings. The number of allylic oxidation sites excluding steroid dienone is 1. The Hall–Kier alpha value is -3.61. The number of rotatable bonds is 7. The van der Waals surface area contributed by atoms with E-state index in [9.17, 15) is 4.79 Å². The Kier molecular flexibility index (Phi) is 5.44. The minimum atomic E-state index is -0.505. The molecule has 4 N–H and O–H groups in total. The van der Waals surface area contributed by atoms with E-state index < -0.39 is 5.91 Å². The normalized spacial score (nSPS) is 12.6. The third kappa shape index (κ3) is 3.59. The average Bonchev–Trinajstić information content (AvgIpc) is 3.13. The summed E-state index contributed by atoms with van der Waals surface area (Å²) < 4.78 is 5.44. The highest BCUT2D eigenvalue weighted by Gasteiger charge is 2.15. The van der Waals surface area contributed by atoms with Crippen molar-refractivity contribution in [3.8, 4) is 17.0 Å². The van der Waals surface area contributed by atoms with Crippen molar-refractivity contribution >= 4 is 22.8 Å². The second-order valence-corrected chi connectivity index (χ2v) is 6.31. The van der Waals surface area contributed by atoms with Crippen molar-refractivity contribution in [3.05, 3.63) is 60.5 Å². The molecule has 3 rings (SSSR count). The number of fused-ring (bicyclic) bond motifs is 1. The van der Waals surface area contributed by atoms with Crippen molar-refractivity contribution in [2.45, 2.75) is 19.9 Å². The molecule has 0 saturated heterocycles. The second kappa shape index (κ2) is 7.96. The number of primary amides is 1. The van der Waals surface area contributed by atoms with Gasteiger partial charge in [-0.05, 0) is 43.7 Å². The molecule has 2 heterocycles. The minimum Gasteiger partial charge on any atom is -0.496 e. The van der Waals surface area contributed by atoms with Crippen LogP contribution < -0.4 is 15.8 Å². The van der Waals surface area contributed by atoms with Gasteiger partial charge in [-0.1, -0.05) is 18.7 Å². The molecule has 0 radical (unpaired) electrons. The van der Waals surface area contributed by atoms with Crippen LogP contribution in [0.15, 0.2) is 54.9 Å². The van der Waals surface area contributed by atoms with Gasteiger partial charge in [0.1, 0.15) is 23.5 Å². The lowest BCUT2D eigenvalue weighted by molar-refractivity contribution is 0.1000. The molecule has 1 amide bonds. The third-order valence-corrected chi connectivity index (χ3v) is 4.62. The second-order valence-electron chi connectivity index (χ2n) is 6.31. The van der Waals surface area contributed by atoms with E-state index in [1.165, 1.54) is 6.33 Å². The van der Waals surface area contributed by atoms with E-state index in [1.54, 1.807) is 25.3 Å². The SMILES string of the molecule is C=C/C(=C\C)[C@@H](C)Nc1ncnc2[nH]c(-c3ccc(C(N)=O)cc3OC)cc12. The monoisotopic (exact) mass is 377 g/mol. The van der Waals surface area contributed by atoms with Gasteiger partial charge in [-0.3, -0.25) is 4.79 Å². The summed E-state index contributed by atoms with van der Waals surface area (Å²) in [5.41, 5.74) is 9.11. The van der Waals surface area contributed by atoms with Gasteiger partial charge in [0.05, 0.1) is 18.2 Å². The number of benzene rings is 1. The molecule has 7 nitrogen and oxygen atoms in total. The molecule has 7 heteroatoms. The number of ether oxygens (including phenoxy) is 1. The lowest BCUT2D eigenvalue weighted by atomic mass is 10.1. The number of H-pyrrole nitrogens is 1. The van der Waals surface area contributed by atoms with Crippen LogP contribution in [0.25, 0.3) is 22.3 Å². The summed E-state index contributed by atoms with van der Waals surface area (Å²) >= 11 is 0. The summed E-state index contributed by atoms with van der Waals surface area (Å²) in [4.78, 5) is 23.4. The van der Waals surface area contributed by atoms with Crippen molar-refractivity contribution in [1.82, 2.24) is 15.0 Å². The van der Waals surface area contributed by atoms with E-state index in [1.807, 2.05) is 32.1 Å². The number of amides is 1. The van der Waals surface area contributed by atoms with Crippen LogP contribution in [0.2, 0.25) is 0 Å². The van der Waals surface area contributed by atoms with Gasteiger partial charge in [0.25, 0.3) is 0 Å². The van der Waals surface area contributed by atoms with E-state index in [2.05, 4.69) is 26.8 Å². The van der Waals surface area contributed by atoms with E-state index in [0.29, 0.717) is 22.8 Å². The number of nitrogens with one attached hydrogen (secondary N) is 2. The smallest absolute Gasteiger partial charge is 0.248 e. The Morgan fingerprint density at radius 3 is 2.79 bits per heavy atom. The quantitative estimate of drug-likeness (QED) is 0.545. The van der Waals surface area contributed by atoms with E-state index in [4.69, 9.17) is 10.5 Å². The van der Waals surface area contributed by atoms with Crippen molar-refractivity contribution < 1.29 is 9.53 Å². The predicted octanol–water partition coefficient (Wildman–Crippen LogP) is 3.67. The maximum Gasteiger partial charge on any atom is 0.248 e. The fraction of sp³-hybridized carbons (Fsp3) is 0.190. The van der Waals surface area contributed by atoms with E-state index in [-0.39, 0.29) is 6.04 Å². The van der Waals surface area contributed by atoms with Gasteiger partial charge in [0.2, 0.25) is 5.91 Å². The highest BCUT2D eigenvalue weighted by atomic mass is 16.5. The molecule has 1 atom stereocenters. The first-order valence-corrected chi connectivity index (χ1v) is 8.85. The maximum atomic E-state index is 11.4. The van der Waals surface area contributed by atoms with Crippen molar-refractivity contribution in [2.24, 2.45) is 5.73 Å². The Morgan fingerprint density at radius 1 is 1.36 bits per heavy atom. The molecule has 144 valence electrons. The molecule has 0 saturated carbocycles. The molecular formula is C21H23N5O2. The summed E-state index contributed by atoms with van der Waals surface area (Å²) in [6.07, 6.45) is 5.34. The Bertz CT molecular complexity index is 1070. The summed E-state index contributed by atoms with van der Waals surface area (Å²) in [6, 6.07) is 7.08. The Morgan fingerprint density at radius 2 is 2.14 bits per heavy atom. The molecule has 0 aliphatic heterocycles. The lowest BCUT2D eigenvalue weighted by Gasteiger charge is -2.15. The van der Waals surface area contributed by atoms with Crippen molar-refractivity contribution in [1.29, 1.82) is 0 Å². The number of nitrogens with two attached hydrogens (primary N) is 1. The van der Waals surface area contributed by atoms with Crippen LogP contribution in [0, 0.1) is 0 Å². The highest BCUT2D eigenvalue weighted by Crippen LogP contribution is 2.33.